The Kier molecular flexibility index (Phi) is 6.08. The average molecular weight is 652 g/mol. The molecule has 0 bridgehead atoms. The third-order valence-electron chi connectivity index (χ3n) is 11.1. The molecule has 0 N–H and O–H groups in total. The summed E-state index contributed by atoms with van der Waals surface area (Å²) in [5, 5.41) is 5.03. The van der Waals surface area contributed by atoms with Gasteiger partial charge in [0.25, 0.3) is 0 Å². The largest absolute Gasteiger partial charge is 0.333 e. The van der Waals surface area contributed by atoms with Gasteiger partial charge in [0.15, 0.2) is 0 Å². The molecule has 2 aromatic heterocycles. The molecule has 0 saturated carbocycles. The molecule has 2 unspecified atom stereocenters. The van der Waals surface area contributed by atoms with Gasteiger partial charge in [-0.2, -0.15) is 0 Å². The summed E-state index contributed by atoms with van der Waals surface area (Å²) in [6, 6.07) is 60.3. The van der Waals surface area contributed by atoms with E-state index in [0.29, 0.717) is 5.92 Å². The Hall–Kier alpha value is -6.58. The van der Waals surface area contributed by atoms with E-state index in [1.54, 1.807) is 0 Å². The van der Waals surface area contributed by atoms with Gasteiger partial charge in [0.1, 0.15) is 0 Å². The minimum atomic E-state index is 0.230. The van der Waals surface area contributed by atoms with E-state index in [9.17, 15) is 0 Å². The molecule has 0 fully saturated rings. The second kappa shape index (κ2) is 11.0. The molecule has 0 saturated heterocycles. The first-order chi connectivity index (χ1) is 25.3. The predicted molar refractivity (Wildman–Crippen MR) is 214 cm³/mol. The number of anilines is 2. The minimum absolute atomic E-state index is 0.230. The average Bonchev–Trinajstić information content (AvgIpc) is 3.83. The first-order valence-corrected chi connectivity index (χ1v) is 17.8. The van der Waals surface area contributed by atoms with Crippen LogP contribution in [-0.4, -0.2) is 15.2 Å². The van der Waals surface area contributed by atoms with Gasteiger partial charge in [-0.3, -0.25) is 0 Å². The van der Waals surface area contributed by atoms with E-state index in [1.165, 1.54) is 83.1 Å². The number of hydrogen-bond acceptors (Lipinski definition) is 1. The number of allylic oxidation sites excluding steroid dienone is 2. The molecule has 0 spiro atoms. The Bertz CT molecular complexity index is 2850. The summed E-state index contributed by atoms with van der Waals surface area (Å²) < 4.78 is 4.88. The van der Waals surface area contributed by atoms with Gasteiger partial charge in [0.05, 0.1) is 33.8 Å². The number of benzene rings is 7. The van der Waals surface area contributed by atoms with E-state index in [2.05, 4.69) is 202 Å². The summed E-state index contributed by atoms with van der Waals surface area (Å²) in [4.78, 5) is 2.55. The van der Waals surface area contributed by atoms with Gasteiger partial charge < -0.3 is 14.0 Å². The van der Waals surface area contributed by atoms with Crippen LogP contribution >= 0.6 is 0 Å². The second-order valence-corrected chi connectivity index (χ2v) is 13.7. The van der Waals surface area contributed by atoms with Crippen LogP contribution in [0.2, 0.25) is 0 Å². The fraction of sp³-hybridized carbons (Fsp3) is 0.0417. The molecule has 0 amide bonds. The van der Waals surface area contributed by atoms with Crippen LogP contribution in [0, 0.1) is 0 Å². The summed E-state index contributed by atoms with van der Waals surface area (Å²) in [6.07, 6.45) is 9.10. The zero-order chi connectivity index (χ0) is 33.5. The molecule has 3 heteroatoms. The van der Waals surface area contributed by atoms with Crippen LogP contribution in [-0.2, 0) is 0 Å². The number of hydrogen-bond donors (Lipinski definition) is 0. The van der Waals surface area contributed by atoms with Crippen LogP contribution in [0.3, 0.4) is 0 Å². The molecule has 7 aromatic carbocycles. The van der Waals surface area contributed by atoms with Crippen LogP contribution in [0.15, 0.2) is 188 Å². The Morgan fingerprint density at radius 1 is 0.373 bits per heavy atom. The van der Waals surface area contributed by atoms with E-state index >= 15 is 0 Å². The Labute approximate surface area is 296 Å². The first-order valence-electron chi connectivity index (χ1n) is 17.8. The number of rotatable bonds is 4. The molecule has 11 rings (SSSR count). The molecule has 0 radical (unpaired) electrons. The van der Waals surface area contributed by atoms with Crippen molar-refractivity contribution in [1.82, 2.24) is 9.13 Å². The van der Waals surface area contributed by atoms with Crippen LogP contribution in [0.1, 0.15) is 11.5 Å². The molecule has 240 valence electrons. The van der Waals surface area contributed by atoms with E-state index in [-0.39, 0.29) is 6.04 Å². The van der Waals surface area contributed by atoms with Crippen molar-refractivity contribution in [2.45, 2.75) is 12.0 Å². The van der Waals surface area contributed by atoms with Gasteiger partial charge in [-0.15, -0.1) is 0 Å². The zero-order valence-electron chi connectivity index (χ0n) is 27.9. The standard InChI is InChI=1S/C48H33N3/c1-8-22-41-33(15-1)34-16-2-9-23-42(34)49(41)32-29-30-48-40(31-32)39-21-7-14-28-47(39)51(48)46-27-13-6-20-38(46)37-19-5-12-26-45(37)50-43-24-10-3-17-35(43)36-18-4-11-25-44(36)50/h1-31,35,43H. The van der Waals surface area contributed by atoms with Crippen molar-refractivity contribution in [3.63, 3.8) is 0 Å². The maximum absolute atomic E-state index is 2.55. The lowest BCUT2D eigenvalue weighted by molar-refractivity contribution is 0.745. The fourth-order valence-electron chi connectivity index (χ4n) is 8.94. The molecule has 1 aliphatic carbocycles. The Balaban J connectivity index is 1.13. The first kappa shape index (κ1) is 28.3. The predicted octanol–water partition coefficient (Wildman–Crippen LogP) is 12.3. The van der Waals surface area contributed by atoms with Crippen molar-refractivity contribution >= 4 is 55.0 Å². The lowest BCUT2D eigenvalue weighted by atomic mass is 9.91. The molecule has 1 aliphatic heterocycles. The minimum Gasteiger partial charge on any atom is -0.333 e. The highest BCUT2D eigenvalue weighted by Crippen LogP contribution is 2.50. The number of aromatic nitrogens is 2. The monoisotopic (exact) mass is 651 g/mol. The van der Waals surface area contributed by atoms with Gasteiger partial charge in [-0.05, 0) is 60.2 Å². The van der Waals surface area contributed by atoms with Crippen molar-refractivity contribution in [2.75, 3.05) is 4.90 Å². The SMILES string of the molecule is C1=CC2c3ccccc3N(c3ccccc3-c3ccccc3-n3c4ccccc4c4cc(-n5c6ccccc6c6ccccc65)ccc43)C2C=C1. The van der Waals surface area contributed by atoms with Crippen LogP contribution < -0.4 is 4.90 Å². The molecule has 3 nitrogen and oxygen atoms in total. The lowest BCUT2D eigenvalue weighted by Crippen LogP contribution is -2.28. The molecule has 9 aromatic rings. The van der Waals surface area contributed by atoms with Gasteiger partial charge in [-0.25, -0.2) is 0 Å². The van der Waals surface area contributed by atoms with Gasteiger partial charge >= 0.3 is 0 Å². The summed E-state index contributed by atoms with van der Waals surface area (Å²) >= 11 is 0. The smallest absolute Gasteiger partial charge is 0.0629 e. The summed E-state index contributed by atoms with van der Waals surface area (Å²) in [5.41, 5.74) is 13.5. The number of para-hydroxylation sites is 6. The van der Waals surface area contributed by atoms with Crippen LogP contribution in [0.25, 0.3) is 66.1 Å². The maximum atomic E-state index is 2.55. The molecule has 51 heavy (non-hydrogen) atoms. The van der Waals surface area contributed by atoms with Crippen molar-refractivity contribution in [3.8, 4) is 22.5 Å². The fourth-order valence-corrected chi connectivity index (χ4v) is 8.94. The molecule has 2 aliphatic rings. The zero-order valence-corrected chi connectivity index (χ0v) is 27.9. The summed E-state index contributed by atoms with van der Waals surface area (Å²) in [5.74, 6) is 0.329. The highest BCUT2D eigenvalue weighted by Gasteiger charge is 2.38. The molecule has 3 heterocycles. The molecule has 2 atom stereocenters. The lowest BCUT2D eigenvalue weighted by Gasteiger charge is -2.31. The van der Waals surface area contributed by atoms with Crippen LogP contribution in [0.5, 0.6) is 0 Å². The normalized spacial score (nSPS) is 16.4. The van der Waals surface area contributed by atoms with Gasteiger partial charge in [0, 0.05) is 55.7 Å². The summed E-state index contributed by atoms with van der Waals surface area (Å²) in [7, 11) is 0. The van der Waals surface area contributed by atoms with Gasteiger partial charge in [-0.1, -0.05) is 133 Å². The Morgan fingerprint density at radius 2 is 0.882 bits per heavy atom. The highest BCUT2D eigenvalue weighted by atomic mass is 15.2. The number of nitrogens with zero attached hydrogens (tertiary/aromatic N) is 3. The van der Waals surface area contributed by atoms with E-state index in [0.717, 1.165) is 0 Å². The summed E-state index contributed by atoms with van der Waals surface area (Å²) in [6.45, 7) is 0. The second-order valence-electron chi connectivity index (χ2n) is 13.7. The molecular weight excluding hydrogens is 619 g/mol. The highest BCUT2D eigenvalue weighted by molar-refractivity contribution is 6.12. The topological polar surface area (TPSA) is 13.1 Å². The molecular formula is C48H33N3. The Morgan fingerprint density at radius 3 is 1.61 bits per heavy atom. The van der Waals surface area contributed by atoms with Crippen molar-refractivity contribution in [3.05, 3.63) is 194 Å². The quantitative estimate of drug-likeness (QED) is 0.185. The number of fused-ring (bicyclic) bond motifs is 9. The van der Waals surface area contributed by atoms with Crippen molar-refractivity contribution < 1.29 is 0 Å². The van der Waals surface area contributed by atoms with Crippen LogP contribution in [0.4, 0.5) is 11.4 Å². The maximum Gasteiger partial charge on any atom is 0.0629 e. The van der Waals surface area contributed by atoms with E-state index in [1.807, 2.05) is 0 Å². The third-order valence-corrected chi connectivity index (χ3v) is 11.1. The van der Waals surface area contributed by atoms with Crippen molar-refractivity contribution in [1.29, 1.82) is 0 Å². The van der Waals surface area contributed by atoms with E-state index in [4.69, 9.17) is 0 Å². The van der Waals surface area contributed by atoms with E-state index < -0.39 is 0 Å². The third kappa shape index (κ3) is 4.06. The van der Waals surface area contributed by atoms with Crippen molar-refractivity contribution in [2.24, 2.45) is 0 Å². The van der Waals surface area contributed by atoms with Gasteiger partial charge in [0.2, 0.25) is 0 Å².